The van der Waals surface area contributed by atoms with Crippen LogP contribution in [0.2, 0.25) is 0 Å². The van der Waals surface area contributed by atoms with Crippen LogP contribution in [0.4, 0.5) is 0 Å². The number of piperazine rings is 1. The monoisotopic (exact) mass is 425 g/mol. The fraction of sp³-hybridized carbons (Fsp3) is 0.640. The van der Waals surface area contributed by atoms with Crippen LogP contribution in [0.3, 0.4) is 0 Å². The topological polar surface area (TPSA) is 69.7 Å². The minimum Gasteiger partial charge on any atom is -0.355 e. The van der Waals surface area contributed by atoms with Crippen molar-refractivity contribution >= 4 is 17.6 Å². The van der Waals surface area contributed by atoms with Crippen LogP contribution < -0.4 is 5.32 Å². The van der Waals surface area contributed by atoms with Crippen LogP contribution in [-0.2, 0) is 22.4 Å². The average molecular weight is 426 g/mol. The maximum Gasteiger partial charge on any atom is 0.225 e. The van der Waals surface area contributed by atoms with Gasteiger partial charge < -0.3 is 10.2 Å². The summed E-state index contributed by atoms with van der Waals surface area (Å²) >= 11 is 0. The molecule has 0 aromatic heterocycles. The number of rotatable bonds is 8. The van der Waals surface area contributed by atoms with E-state index in [1.165, 1.54) is 30.4 Å². The van der Waals surface area contributed by atoms with E-state index in [0.29, 0.717) is 12.5 Å². The maximum absolute atomic E-state index is 12.5. The van der Waals surface area contributed by atoms with Crippen molar-refractivity contribution in [1.82, 2.24) is 15.1 Å². The summed E-state index contributed by atoms with van der Waals surface area (Å²) in [5.41, 5.74) is 3.39. The van der Waals surface area contributed by atoms with E-state index in [-0.39, 0.29) is 30.4 Å². The number of hydrogen-bond acceptors (Lipinski definition) is 4. The molecule has 1 aliphatic heterocycles. The van der Waals surface area contributed by atoms with Gasteiger partial charge in [-0.25, -0.2) is 0 Å². The Kier molecular flexibility index (Phi) is 7.38. The second kappa shape index (κ2) is 10.4. The number of nitrogens with zero attached hydrogens (tertiary/aromatic N) is 2. The summed E-state index contributed by atoms with van der Waals surface area (Å²) in [7, 11) is 0. The van der Waals surface area contributed by atoms with E-state index in [1.807, 2.05) is 17.0 Å². The van der Waals surface area contributed by atoms with Gasteiger partial charge in [0.2, 0.25) is 11.8 Å². The number of nitrogens with one attached hydrogen (secondary N) is 1. The molecule has 0 radical (unpaired) electrons. The third-order valence-electron chi connectivity index (χ3n) is 7.14. The Hall–Kier alpha value is -2.21. The third kappa shape index (κ3) is 5.73. The first-order chi connectivity index (χ1) is 15.1. The van der Waals surface area contributed by atoms with Gasteiger partial charge in [0, 0.05) is 63.6 Å². The lowest BCUT2D eigenvalue weighted by atomic mass is 10.0. The van der Waals surface area contributed by atoms with Crippen molar-refractivity contribution in [3.63, 3.8) is 0 Å². The summed E-state index contributed by atoms with van der Waals surface area (Å²) < 4.78 is 0. The number of hydrogen-bond donors (Lipinski definition) is 1. The Morgan fingerprint density at radius 3 is 2.42 bits per heavy atom. The van der Waals surface area contributed by atoms with Crippen LogP contribution in [0.1, 0.15) is 66.4 Å². The van der Waals surface area contributed by atoms with Crippen molar-refractivity contribution < 1.29 is 14.4 Å². The standard InChI is InChI=1S/C25H35N3O3/c29-23(22-9-8-19-6-3-7-21(19)18-22)10-11-24(30)26-12-13-27-14-16-28(17-15-27)25(31)20-4-1-2-5-20/h8-9,18,20H,1-7,10-17H2,(H,26,30). The molecule has 2 aliphatic carbocycles. The smallest absolute Gasteiger partial charge is 0.225 e. The predicted molar refractivity (Wildman–Crippen MR) is 120 cm³/mol. The summed E-state index contributed by atoms with van der Waals surface area (Å²) in [4.78, 5) is 41.4. The summed E-state index contributed by atoms with van der Waals surface area (Å²) in [6, 6.07) is 5.98. The van der Waals surface area contributed by atoms with Crippen LogP contribution in [0.15, 0.2) is 18.2 Å². The van der Waals surface area contributed by atoms with Crippen LogP contribution in [0.25, 0.3) is 0 Å². The molecular weight excluding hydrogens is 390 g/mol. The fourth-order valence-electron chi connectivity index (χ4n) is 5.18. The van der Waals surface area contributed by atoms with Crippen molar-refractivity contribution in [2.24, 2.45) is 5.92 Å². The van der Waals surface area contributed by atoms with E-state index >= 15 is 0 Å². The van der Waals surface area contributed by atoms with E-state index in [2.05, 4.69) is 16.3 Å². The molecule has 31 heavy (non-hydrogen) atoms. The summed E-state index contributed by atoms with van der Waals surface area (Å²) in [5, 5.41) is 2.94. The number of carbonyl (C=O) groups excluding carboxylic acids is 3. The second-order valence-corrected chi connectivity index (χ2v) is 9.26. The molecule has 1 N–H and O–H groups in total. The highest BCUT2D eigenvalue weighted by molar-refractivity contribution is 5.98. The molecule has 1 saturated carbocycles. The first kappa shape index (κ1) is 22.0. The highest BCUT2D eigenvalue weighted by Gasteiger charge is 2.29. The van der Waals surface area contributed by atoms with Gasteiger partial charge in [0.15, 0.2) is 5.78 Å². The van der Waals surface area contributed by atoms with Crippen LogP contribution in [0, 0.1) is 5.92 Å². The number of fused-ring (bicyclic) bond motifs is 1. The molecule has 6 nitrogen and oxygen atoms in total. The SMILES string of the molecule is O=C(CCC(=O)c1ccc2c(c1)CCC2)NCCN1CCN(C(=O)C2CCCC2)CC1. The van der Waals surface area contributed by atoms with Crippen molar-refractivity contribution in [3.8, 4) is 0 Å². The molecule has 2 fully saturated rings. The van der Waals surface area contributed by atoms with Gasteiger partial charge in [0.1, 0.15) is 0 Å². The Morgan fingerprint density at radius 2 is 1.65 bits per heavy atom. The highest BCUT2D eigenvalue weighted by atomic mass is 16.2. The van der Waals surface area contributed by atoms with Crippen molar-refractivity contribution in [2.45, 2.75) is 57.8 Å². The quantitative estimate of drug-likeness (QED) is 0.650. The highest BCUT2D eigenvalue weighted by Crippen LogP contribution is 2.27. The van der Waals surface area contributed by atoms with Gasteiger partial charge in [-0.2, -0.15) is 0 Å². The van der Waals surface area contributed by atoms with E-state index in [9.17, 15) is 14.4 Å². The fourth-order valence-corrected chi connectivity index (χ4v) is 5.18. The van der Waals surface area contributed by atoms with Crippen LogP contribution >= 0.6 is 0 Å². The van der Waals surface area contributed by atoms with Crippen LogP contribution in [-0.4, -0.2) is 66.7 Å². The zero-order valence-corrected chi connectivity index (χ0v) is 18.5. The van der Waals surface area contributed by atoms with Crippen molar-refractivity contribution in [1.29, 1.82) is 0 Å². The van der Waals surface area contributed by atoms with Gasteiger partial charge in [0.05, 0.1) is 0 Å². The Labute approximate surface area is 185 Å². The normalized spacial score (nSPS) is 19.4. The Bertz CT molecular complexity index is 808. The summed E-state index contributed by atoms with van der Waals surface area (Å²) in [6.45, 7) is 4.69. The zero-order valence-electron chi connectivity index (χ0n) is 18.5. The largest absolute Gasteiger partial charge is 0.355 e. The number of amides is 2. The van der Waals surface area contributed by atoms with Gasteiger partial charge in [-0.3, -0.25) is 19.3 Å². The maximum atomic E-state index is 12.5. The first-order valence-electron chi connectivity index (χ1n) is 12.0. The molecule has 0 spiro atoms. The van der Waals surface area contributed by atoms with E-state index < -0.39 is 0 Å². The minimum absolute atomic E-state index is 0.0490. The lowest BCUT2D eigenvalue weighted by molar-refractivity contribution is -0.137. The molecule has 2 amide bonds. The van der Waals surface area contributed by atoms with Gasteiger partial charge in [-0.1, -0.05) is 25.0 Å². The average Bonchev–Trinajstić information content (AvgIpc) is 3.49. The molecule has 1 aromatic carbocycles. The lowest BCUT2D eigenvalue weighted by Gasteiger charge is -2.36. The molecule has 4 rings (SSSR count). The summed E-state index contributed by atoms with van der Waals surface area (Å²) in [5.74, 6) is 0.585. The van der Waals surface area contributed by atoms with Crippen molar-refractivity contribution in [2.75, 3.05) is 39.3 Å². The van der Waals surface area contributed by atoms with Crippen molar-refractivity contribution in [3.05, 3.63) is 34.9 Å². The van der Waals surface area contributed by atoms with Crippen LogP contribution in [0.5, 0.6) is 0 Å². The molecule has 1 heterocycles. The zero-order chi connectivity index (χ0) is 21.6. The number of carbonyl (C=O) groups is 3. The van der Waals surface area contributed by atoms with Gasteiger partial charge in [0.25, 0.3) is 0 Å². The molecule has 168 valence electrons. The van der Waals surface area contributed by atoms with Gasteiger partial charge in [-0.05, 0) is 49.3 Å². The molecule has 3 aliphatic rings. The first-order valence-corrected chi connectivity index (χ1v) is 12.0. The predicted octanol–water partition coefficient (Wildman–Crippen LogP) is 2.59. The molecule has 0 atom stereocenters. The molecule has 1 saturated heterocycles. The third-order valence-corrected chi connectivity index (χ3v) is 7.14. The minimum atomic E-state index is -0.0652. The Balaban J connectivity index is 1.10. The Morgan fingerprint density at radius 1 is 0.903 bits per heavy atom. The lowest BCUT2D eigenvalue weighted by Crippen LogP contribution is -2.51. The molecule has 0 bridgehead atoms. The second-order valence-electron chi connectivity index (χ2n) is 9.26. The number of ketones is 1. The summed E-state index contributed by atoms with van der Waals surface area (Å²) in [6.07, 6.45) is 8.31. The molecule has 1 aromatic rings. The van der Waals surface area contributed by atoms with E-state index in [0.717, 1.165) is 64.0 Å². The number of aryl methyl sites for hydroxylation is 2. The molecule has 6 heteroatoms. The van der Waals surface area contributed by atoms with E-state index in [1.54, 1.807) is 0 Å². The van der Waals surface area contributed by atoms with Gasteiger partial charge in [-0.15, -0.1) is 0 Å². The van der Waals surface area contributed by atoms with Gasteiger partial charge >= 0.3 is 0 Å². The van der Waals surface area contributed by atoms with E-state index in [4.69, 9.17) is 0 Å². The molecular formula is C25H35N3O3. The molecule has 0 unspecified atom stereocenters. The number of benzene rings is 1. The number of Topliss-reactive ketones (excluding diaryl/α,β-unsaturated/α-hetero) is 1.